The molecular formula is C18H22O4S. The summed E-state index contributed by atoms with van der Waals surface area (Å²) >= 11 is 1.47. The highest BCUT2D eigenvalue weighted by Crippen LogP contribution is 2.32. The van der Waals surface area contributed by atoms with Crippen molar-refractivity contribution < 1.29 is 19.4 Å². The molecule has 1 heterocycles. The van der Waals surface area contributed by atoms with Crippen LogP contribution in [0.1, 0.15) is 37.1 Å². The SMILES string of the molecule is CCOc1cc(CC(C(=O)O)c2cccs2)ccc1OC(C)C. The Morgan fingerprint density at radius 3 is 2.61 bits per heavy atom. The number of thiophene rings is 1. The Balaban J connectivity index is 2.25. The van der Waals surface area contributed by atoms with Crippen LogP contribution in [0.5, 0.6) is 11.5 Å². The molecule has 0 aliphatic heterocycles. The number of aliphatic carboxylic acids is 1. The van der Waals surface area contributed by atoms with Crippen molar-refractivity contribution in [3.8, 4) is 11.5 Å². The van der Waals surface area contributed by atoms with Crippen molar-refractivity contribution in [2.24, 2.45) is 0 Å². The highest BCUT2D eigenvalue weighted by Gasteiger charge is 2.22. The number of hydrogen-bond acceptors (Lipinski definition) is 4. The Hall–Kier alpha value is -2.01. The number of carboxylic acids is 1. The molecule has 4 nitrogen and oxygen atoms in total. The average Bonchev–Trinajstić information content (AvgIpc) is 3.00. The fourth-order valence-corrected chi connectivity index (χ4v) is 3.15. The van der Waals surface area contributed by atoms with Crippen LogP contribution in [-0.2, 0) is 11.2 Å². The first-order chi connectivity index (χ1) is 11.0. The molecule has 0 saturated carbocycles. The Kier molecular flexibility index (Phi) is 6.04. The highest BCUT2D eigenvalue weighted by molar-refractivity contribution is 7.10. The van der Waals surface area contributed by atoms with E-state index in [1.807, 2.05) is 56.5 Å². The van der Waals surface area contributed by atoms with Crippen molar-refractivity contribution in [3.05, 3.63) is 46.2 Å². The second kappa shape index (κ2) is 8.02. The molecule has 1 atom stereocenters. The van der Waals surface area contributed by atoms with E-state index in [2.05, 4.69) is 0 Å². The molecular weight excluding hydrogens is 312 g/mol. The van der Waals surface area contributed by atoms with Crippen molar-refractivity contribution in [1.82, 2.24) is 0 Å². The smallest absolute Gasteiger partial charge is 0.312 e. The molecule has 2 aromatic rings. The van der Waals surface area contributed by atoms with Crippen molar-refractivity contribution in [3.63, 3.8) is 0 Å². The normalized spacial score (nSPS) is 12.2. The van der Waals surface area contributed by atoms with Crippen LogP contribution < -0.4 is 9.47 Å². The summed E-state index contributed by atoms with van der Waals surface area (Å²) in [5, 5.41) is 11.4. The first-order valence-electron chi connectivity index (χ1n) is 7.69. The number of carboxylic acid groups (broad SMARTS) is 1. The molecule has 1 aromatic carbocycles. The molecule has 0 fully saturated rings. The van der Waals surface area contributed by atoms with Gasteiger partial charge in [-0.25, -0.2) is 0 Å². The largest absolute Gasteiger partial charge is 0.490 e. The molecule has 1 unspecified atom stereocenters. The molecule has 0 spiro atoms. The van der Waals surface area contributed by atoms with E-state index in [-0.39, 0.29) is 6.10 Å². The lowest BCUT2D eigenvalue weighted by atomic mass is 9.97. The first-order valence-corrected chi connectivity index (χ1v) is 8.57. The van der Waals surface area contributed by atoms with Gasteiger partial charge in [-0.2, -0.15) is 0 Å². The van der Waals surface area contributed by atoms with Gasteiger partial charge in [-0.05, 0) is 56.3 Å². The van der Waals surface area contributed by atoms with Gasteiger partial charge in [0.15, 0.2) is 11.5 Å². The van der Waals surface area contributed by atoms with Crippen LogP contribution in [0.4, 0.5) is 0 Å². The zero-order chi connectivity index (χ0) is 16.8. The van der Waals surface area contributed by atoms with Gasteiger partial charge >= 0.3 is 5.97 Å². The number of carbonyl (C=O) groups is 1. The van der Waals surface area contributed by atoms with Crippen molar-refractivity contribution in [2.75, 3.05) is 6.61 Å². The third-order valence-corrected chi connectivity index (χ3v) is 4.28. The summed E-state index contributed by atoms with van der Waals surface area (Å²) < 4.78 is 11.4. The molecule has 2 rings (SSSR count). The number of benzene rings is 1. The van der Waals surface area contributed by atoms with E-state index < -0.39 is 11.9 Å². The lowest BCUT2D eigenvalue weighted by molar-refractivity contribution is -0.138. The topological polar surface area (TPSA) is 55.8 Å². The van der Waals surface area contributed by atoms with Crippen LogP contribution in [0.15, 0.2) is 35.7 Å². The monoisotopic (exact) mass is 334 g/mol. The summed E-state index contributed by atoms with van der Waals surface area (Å²) in [5.74, 6) is -0.00289. The quantitative estimate of drug-likeness (QED) is 0.780. The summed E-state index contributed by atoms with van der Waals surface area (Å²) in [6.45, 7) is 6.37. The van der Waals surface area contributed by atoms with Gasteiger partial charge in [-0.3, -0.25) is 4.79 Å². The zero-order valence-corrected chi connectivity index (χ0v) is 14.4. The minimum Gasteiger partial charge on any atom is -0.490 e. The summed E-state index contributed by atoms with van der Waals surface area (Å²) in [6, 6.07) is 9.38. The summed E-state index contributed by atoms with van der Waals surface area (Å²) in [4.78, 5) is 12.4. The summed E-state index contributed by atoms with van der Waals surface area (Å²) in [6.07, 6.45) is 0.482. The summed E-state index contributed by atoms with van der Waals surface area (Å²) in [5.41, 5.74) is 0.922. The molecule has 0 bridgehead atoms. The standard InChI is InChI=1S/C18H22O4S/c1-4-21-16-11-13(7-8-15(16)22-12(2)3)10-14(18(19)20)17-6-5-9-23-17/h5-9,11-12,14H,4,10H2,1-3H3,(H,19,20). The lowest BCUT2D eigenvalue weighted by Gasteiger charge is -2.17. The van der Waals surface area contributed by atoms with Gasteiger partial charge in [0.05, 0.1) is 18.6 Å². The van der Waals surface area contributed by atoms with Gasteiger partial charge in [-0.1, -0.05) is 12.1 Å². The van der Waals surface area contributed by atoms with E-state index >= 15 is 0 Å². The van der Waals surface area contributed by atoms with Crippen molar-refractivity contribution in [1.29, 1.82) is 0 Å². The molecule has 0 aliphatic rings. The molecule has 0 aliphatic carbocycles. The van der Waals surface area contributed by atoms with Gasteiger partial charge in [0.25, 0.3) is 0 Å². The van der Waals surface area contributed by atoms with E-state index in [1.165, 1.54) is 11.3 Å². The van der Waals surface area contributed by atoms with Gasteiger partial charge in [0.2, 0.25) is 0 Å². The number of ether oxygens (including phenoxy) is 2. The first kappa shape index (κ1) is 17.3. The second-order valence-corrected chi connectivity index (χ2v) is 6.47. The highest BCUT2D eigenvalue weighted by atomic mass is 32.1. The number of hydrogen-bond donors (Lipinski definition) is 1. The van der Waals surface area contributed by atoms with Gasteiger partial charge in [0.1, 0.15) is 0 Å². The predicted octanol–water partition coefficient (Wildman–Crippen LogP) is 4.34. The minimum atomic E-state index is -0.812. The zero-order valence-electron chi connectivity index (χ0n) is 13.6. The van der Waals surface area contributed by atoms with Crippen LogP contribution in [0.3, 0.4) is 0 Å². The molecule has 1 N–H and O–H groups in total. The Labute approximate surface area is 140 Å². The van der Waals surface area contributed by atoms with Gasteiger partial charge in [0, 0.05) is 4.88 Å². The molecule has 124 valence electrons. The molecule has 23 heavy (non-hydrogen) atoms. The van der Waals surface area contributed by atoms with Gasteiger partial charge < -0.3 is 14.6 Å². The third-order valence-electron chi connectivity index (χ3n) is 3.30. The van der Waals surface area contributed by atoms with E-state index in [1.54, 1.807) is 0 Å². The maximum absolute atomic E-state index is 11.6. The number of rotatable bonds is 8. The van der Waals surface area contributed by atoms with Crippen LogP contribution >= 0.6 is 11.3 Å². The maximum atomic E-state index is 11.6. The van der Waals surface area contributed by atoms with Crippen molar-refractivity contribution >= 4 is 17.3 Å². The van der Waals surface area contributed by atoms with Crippen LogP contribution in [-0.4, -0.2) is 23.8 Å². The van der Waals surface area contributed by atoms with E-state index in [9.17, 15) is 9.90 Å². The predicted molar refractivity (Wildman–Crippen MR) is 91.8 cm³/mol. The van der Waals surface area contributed by atoms with Crippen LogP contribution in [0.25, 0.3) is 0 Å². The van der Waals surface area contributed by atoms with E-state index in [4.69, 9.17) is 9.47 Å². The van der Waals surface area contributed by atoms with Crippen LogP contribution in [0, 0.1) is 0 Å². The Bertz CT molecular complexity index is 634. The average molecular weight is 334 g/mol. The second-order valence-electron chi connectivity index (χ2n) is 5.49. The van der Waals surface area contributed by atoms with Gasteiger partial charge in [-0.15, -0.1) is 11.3 Å². The molecule has 0 amide bonds. The van der Waals surface area contributed by atoms with Crippen LogP contribution in [0.2, 0.25) is 0 Å². The maximum Gasteiger partial charge on any atom is 0.312 e. The fraction of sp³-hybridized carbons (Fsp3) is 0.389. The molecule has 0 saturated heterocycles. The molecule has 0 radical (unpaired) electrons. The molecule has 5 heteroatoms. The minimum absolute atomic E-state index is 0.0537. The van der Waals surface area contributed by atoms with Crippen molar-refractivity contribution in [2.45, 2.75) is 39.2 Å². The third kappa shape index (κ3) is 4.73. The fourth-order valence-electron chi connectivity index (χ4n) is 2.33. The van der Waals surface area contributed by atoms with E-state index in [0.29, 0.717) is 24.5 Å². The Morgan fingerprint density at radius 1 is 1.26 bits per heavy atom. The lowest BCUT2D eigenvalue weighted by Crippen LogP contribution is -2.13. The Morgan fingerprint density at radius 2 is 2.04 bits per heavy atom. The summed E-state index contributed by atoms with van der Waals surface area (Å²) in [7, 11) is 0. The molecule has 1 aromatic heterocycles. The van der Waals surface area contributed by atoms with E-state index in [0.717, 1.165) is 10.4 Å².